The monoisotopic (exact) mass is 287 g/mol. The normalized spacial score (nSPS) is 11.4. The van der Waals surface area contributed by atoms with E-state index in [2.05, 4.69) is 17.3 Å². The molecule has 1 aromatic carbocycles. The summed E-state index contributed by atoms with van der Waals surface area (Å²) in [6, 6.07) is 9.73. The molecule has 0 radical (unpaired) electrons. The molecule has 1 heterocycles. The van der Waals surface area contributed by atoms with Crippen LogP contribution in [-0.2, 0) is 11.8 Å². The van der Waals surface area contributed by atoms with Gasteiger partial charge in [-0.15, -0.1) is 0 Å². The van der Waals surface area contributed by atoms with Crippen LogP contribution in [0.3, 0.4) is 0 Å². The van der Waals surface area contributed by atoms with Crippen molar-refractivity contribution in [2.24, 2.45) is 0 Å². The first kappa shape index (κ1) is 15.1. The molecule has 21 heavy (non-hydrogen) atoms. The van der Waals surface area contributed by atoms with Gasteiger partial charge < -0.3 is 5.11 Å². The summed E-state index contributed by atoms with van der Waals surface area (Å²) in [6.07, 6.45) is -0.130. The Balaban J connectivity index is 2.48. The maximum atomic E-state index is 11.0. The fourth-order valence-corrected chi connectivity index (χ4v) is 2.02. The number of benzene rings is 1. The van der Waals surface area contributed by atoms with Crippen molar-refractivity contribution in [1.82, 2.24) is 9.78 Å². The summed E-state index contributed by atoms with van der Waals surface area (Å²) in [7, 11) is 0. The number of aryl methyl sites for hydroxylation is 1. The standard InChI is InChI=1S/C16H21N3O2/c1-5-11-6-8-12(9-7-11)19-14(17-15(20)21)10-13(18-19)16(2,3)4/h6-10,17H,5H2,1-4H3,(H,20,21). The van der Waals surface area contributed by atoms with E-state index in [4.69, 9.17) is 5.11 Å². The quantitative estimate of drug-likeness (QED) is 0.901. The fraction of sp³-hybridized carbons (Fsp3) is 0.375. The molecule has 0 bridgehead atoms. The SMILES string of the molecule is CCc1ccc(-n2nc(C(C)(C)C)cc2NC(=O)O)cc1. The maximum Gasteiger partial charge on any atom is 0.410 e. The van der Waals surface area contributed by atoms with Crippen molar-refractivity contribution in [3.63, 3.8) is 0 Å². The van der Waals surface area contributed by atoms with Crippen molar-refractivity contribution in [3.05, 3.63) is 41.6 Å². The van der Waals surface area contributed by atoms with Crippen LogP contribution in [0.25, 0.3) is 5.69 Å². The van der Waals surface area contributed by atoms with Crippen molar-refractivity contribution in [2.45, 2.75) is 39.5 Å². The first-order chi connectivity index (χ1) is 9.81. The van der Waals surface area contributed by atoms with Gasteiger partial charge in [0.2, 0.25) is 0 Å². The molecule has 2 rings (SSSR count). The third kappa shape index (κ3) is 3.42. The van der Waals surface area contributed by atoms with E-state index in [9.17, 15) is 4.79 Å². The van der Waals surface area contributed by atoms with Crippen molar-refractivity contribution in [2.75, 3.05) is 5.32 Å². The van der Waals surface area contributed by atoms with Crippen LogP contribution in [0.15, 0.2) is 30.3 Å². The molecule has 0 aliphatic rings. The number of nitrogens with one attached hydrogen (secondary N) is 1. The summed E-state index contributed by atoms with van der Waals surface area (Å²) in [5.74, 6) is 0.455. The van der Waals surface area contributed by atoms with Crippen molar-refractivity contribution < 1.29 is 9.90 Å². The predicted octanol–water partition coefficient (Wildman–Crippen LogP) is 3.82. The summed E-state index contributed by atoms with van der Waals surface area (Å²) >= 11 is 0. The molecule has 2 N–H and O–H groups in total. The molecule has 0 aliphatic heterocycles. The number of hydrogen-bond acceptors (Lipinski definition) is 2. The lowest BCUT2D eigenvalue weighted by molar-refractivity contribution is 0.209. The number of nitrogens with zero attached hydrogens (tertiary/aromatic N) is 2. The lowest BCUT2D eigenvalue weighted by Crippen LogP contribution is -2.13. The number of hydrogen-bond donors (Lipinski definition) is 2. The molecule has 1 amide bonds. The van der Waals surface area contributed by atoms with Gasteiger partial charge >= 0.3 is 6.09 Å². The van der Waals surface area contributed by atoms with Crippen molar-refractivity contribution in [1.29, 1.82) is 0 Å². The van der Waals surface area contributed by atoms with Gasteiger partial charge in [0.05, 0.1) is 11.4 Å². The zero-order chi connectivity index (χ0) is 15.6. The van der Waals surface area contributed by atoms with Gasteiger partial charge in [-0.3, -0.25) is 5.32 Å². The van der Waals surface area contributed by atoms with Gasteiger partial charge in [0.1, 0.15) is 5.82 Å². The highest BCUT2D eigenvalue weighted by Crippen LogP contribution is 2.26. The molecule has 0 saturated carbocycles. The minimum Gasteiger partial charge on any atom is -0.465 e. The molecule has 0 atom stereocenters. The van der Waals surface area contributed by atoms with Gasteiger partial charge in [-0.1, -0.05) is 39.8 Å². The van der Waals surface area contributed by atoms with Crippen LogP contribution in [0.1, 0.15) is 39.0 Å². The minimum absolute atomic E-state index is 0.149. The summed E-state index contributed by atoms with van der Waals surface area (Å²) < 4.78 is 1.63. The minimum atomic E-state index is -1.10. The lowest BCUT2D eigenvalue weighted by atomic mass is 9.92. The smallest absolute Gasteiger partial charge is 0.410 e. The number of anilines is 1. The summed E-state index contributed by atoms with van der Waals surface area (Å²) in [6.45, 7) is 8.23. The second-order valence-corrected chi connectivity index (χ2v) is 6.03. The van der Waals surface area contributed by atoms with Gasteiger partial charge in [0, 0.05) is 11.5 Å². The average Bonchev–Trinajstić information content (AvgIpc) is 2.82. The molecule has 1 aromatic heterocycles. The molecule has 0 saturated heterocycles. The first-order valence-corrected chi connectivity index (χ1v) is 7.01. The number of amides is 1. The first-order valence-electron chi connectivity index (χ1n) is 7.01. The molecule has 5 heteroatoms. The predicted molar refractivity (Wildman–Crippen MR) is 83.3 cm³/mol. The zero-order valence-corrected chi connectivity index (χ0v) is 12.8. The largest absolute Gasteiger partial charge is 0.465 e. The van der Waals surface area contributed by atoms with Crippen LogP contribution >= 0.6 is 0 Å². The molecule has 0 fully saturated rings. The van der Waals surface area contributed by atoms with Crippen molar-refractivity contribution in [3.8, 4) is 5.69 Å². The molecule has 0 unspecified atom stereocenters. The van der Waals surface area contributed by atoms with E-state index in [1.807, 2.05) is 45.0 Å². The third-order valence-electron chi connectivity index (χ3n) is 3.30. The van der Waals surface area contributed by atoms with E-state index in [1.165, 1.54) is 5.56 Å². The van der Waals surface area contributed by atoms with Gasteiger partial charge in [-0.05, 0) is 24.1 Å². The molecule has 0 aliphatic carbocycles. The number of aromatic nitrogens is 2. The second kappa shape index (κ2) is 5.60. The summed E-state index contributed by atoms with van der Waals surface area (Å²) in [5.41, 5.74) is 2.76. The number of carboxylic acid groups (broad SMARTS) is 1. The number of rotatable bonds is 3. The van der Waals surface area contributed by atoms with E-state index in [0.717, 1.165) is 17.8 Å². The zero-order valence-electron chi connectivity index (χ0n) is 12.8. The van der Waals surface area contributed by atoms with Crippen LogP contribution in [-0.4, -0.2) is 21.0 Å². The van der Waals surface area contributed by atoms with Crippen LogP contribution in [0.4, 0.5) is 10.6 Å². The highest BCUT2D eigenvalue weighted by atomic mass is 16.4. The average molecular weight is 287 g/mol. The van der Waals surface area contributed by atoms with Crippen LogP contribution in [0.5, 0.6) is 0 Å². The third-order valence-corrected chi connectivity index (χ3v) is 3.30. The van der Waals surface area contributed by atoms with E-state index in [1.54, 1.807) is 10.7 Å². The Morgan fingerprint density at radius 3 is 2.38 bits per heavy atom. The second-order valence-electron chi connectivity index (χ2n) is 6.03. The molecule has 5 nitrogen and oxygen atoms in total. The molecule has 2 aromatic rings. The molecule has 0 spiro atoms. The lowest BCUT2D eigenvalue weighted by Gasteiger charge is -2.14. The molecular weight excluding hydrogens is 266 g/mol. The van der Waals surface area contributed by atoms with Gasteiger partial charge in [0.25, 0.3) is 0 Å². The number of carbonyl (C=O) groups is 1. The van der Waals surface area contributed by atoms with Gasteiger partial charge in [-0.25, -0.2) is 9.48 Å². The molecule has 112 valence electrons. The Morgan fingerprint density at radius 1 is 1.29 bits per heavy atom. The Hall–Kier alpha value is -2.30. The Kier molecular flexibility index (Phi) is 4.02. The Morgan fingerprint density at radius 2 is 1.90 bits per heavy atom. The Labute approximate surface area is 124 Å². The van der Waals surface area contributed by atoms with Crippen molar-refractivity contribution >= 4 is 11.9 Å². The van der Waals surface area contributed by atoms with E-state index < -0.39 is 6.09 Å². The summed E-state index contributed by atoms with van der Waals surface area (Å²) in [4.78, 5) is 11.0. The van der Waals surface area contributed by atoms with Gasteiger partial charge in [0.15, 0.2) is 0 Å². The highest BCUT2D eigenvalue weighted by Gasteiger charge is 2.21. The van der Waals surface area contributed by atoms with E-state index in [-0.39, 0.29) is 5.41 Å². The van der Waals surface area contributed by atoms with Crippen LogP contribution in [0, 0.1) is 0 Å². The highest BCUT2D eigenvalue weighted by molar-refractivity contribution is 5.82. The summed E-state index contributed by atoms with van der Waals surface area (Å²) in [5, 5.41) is 15.9. The van der Waals surface area contributed by atoms with Crippen LogP contribution < -0.4 is 5.32 Å². The van der Waals surface area contributed by atoms with E-state index >= 15 is 0 Å². The van der Waals surface area contributed by atoms with Crippen LogP contribution in [0.2, 0.25) is 0 Å². The van der Waals surface area contributed by atoms with Gasteiger partial charge in [-0.2, -0.15) is 5.10 Å². The fourth-order valence-electron chi connectivity index (χ4n) is 2.02. The molecular formula is C16H21N3O2. The Bertz CT molecular complexity index is 637. The topological polar surface area (TPSA) is 67.2 Å². The van der Waals surface area contributed by atoms with E-state index in [0.29, 0.717) is 5.82 Å². The maximum absolute atomic E-state index is 11.0.